The highest BCUT2D eigenvalue weighted by Crippen LogP contribution is 2.29. The molecule has 4 N–H and O–H groups in total. The molecular formula is C7H12N6O3. The van der Waals surface area contributed by atoms with Gasteiger partial charge < -0.3 is 15.4 Å². The Kier molecular flexibility index (Phi) is 3.91. The van der Waals surface area contributed by atoms with Gasteiger partial charge in [0, 0.05) is 13.6 Å². The Balaban J connectivity index is 3.21. The number of nitrogen functional groups attached to an aromatic ring is 1. The van der Waals surface area contributed by atoms with Crippen molar-refractivity contribution in [2.75, 3.05) is 30.5 Å². The van der Waals surface area contributed by atoms with Crippen molar-refractivity contribution in [2.45, 2.75) is 0 Å². The van der Waals surface area contributed by atoms with E-state index >= 15 is 0 Å². The molecule has 16 heavy (non-hydrogen) atoms. The maximum atomic E-state index is 10.9. The Morgan fingerprint density at radius 1 is 1.69 bits per heavy atom. The van der Waals surface area contributed by atoms with Gasteiger partial charge in [-0.2, -0.15) is 0 Å². The van der Waals surface area contributed by atoms with Crippen LogP contribution in [0, 0.1) is 10.1 Å². The van der Waals surface area contributed by atoms with Gasteiger partial charge in [-0.15, -0.1) is 0 Å². The second kappa shape index (κ2) is 5.19. The van der Waals surface area contributed by atoms with Crippen molar-refractivity contribution in [3.05, 3.63) is 16.4 Å². The first-order valence-corrected chi connectivity index (χ1v) is 4.39. The summed E-state index contributed by atoms with van der Waals surface area (Å²) in [6.45, 7) is 0.0882. The maximum absolute atomic E-state index is 10.9. The average molecular weight is 228 g/mol. The lowest BCUT2D eigenvalue weighted by atomic mass is 10.4. The molecule has 9 heteroatoms. The molecule has 0 unspecified atom stereocenters. The minimum Gasteiger partial charge on any atom is -0.395 e. The molecule has 0 saturated heterocycles. The molecule has 1 heterocycles. The smallest absolute Gasteiger partial charge is 0.354 e. The van der Waals surface area contributed by atoms with Gasteiger partial charge in [-0.1, -0.05) is 0 Å². The Hall–Kier alpha value is -2.00. The maximum Gasteiger partial charge on any atom is 0.354 e. The number of aliphatic hydroxyl groups excluding tert-OH is 1. The first-order valence-electron chi connectivity index (χ1n) is 4.39. The number of nitrogens with one attached hydrogen (secondary N) is 1. The molecule has 0 aliphatic carbocycles. The van der Waals surface area contributed by atoms with Crippen molar-refractivity contribution in [2.24, 2.45) is 5.84 Å². The van der Waals surface area contributed by atoms with Crippen molar-refractivity contribution in [1.82, 2.24) is 9.97 Å². The summed E-state index contributed by atoms with van der Waals surface area (Å²) in [5.41, 5.74) is 1.81. The van der Waals surface area contributed by atoms with Crippen LogP contribution in [0.3, 0.4) is 0 Å². The number of anilines is 2. The van der Waals surface area contributed by atoms with Crippen LogP contribution in [-0.2, 0) is 0 Å². The SMILES string of the molecule is CN(CCO)c1ncnc(NN)c1[N+](=O)[O-]. The topological polar surface area (TPSA) is 130 Å². The lowest BCUT2D eigenvalue weighted by Crippen LogP contribution is -2.24. The highest BCUT2D eigenvalue weighted by Gasteiger charge is 2.24. The number of hydrazine groups is 1. The zero-order valence-corrected chi connectivity index (χ0v) is 8.62. The van der Waals surface area contributed by atoms with Crippen LogP contribution in [0.1, 0.15) is 0 Å². The third-order valence-electron chi connectivity index (χ3n) is 1.92. The standard InChI is InChI=1S/C7H12N6O3/c1-12(2-3-14)7-5(13(15)16)6(11-8)9-4-10-7/h4,14H,2-3,8H2,1H3,(H,9,10,11). The highest BCUT2D eigenvalue weighted by atomic mass is 16.6. The second-order valence-corrected chi connectivity index (χ2v) is 2.94. The van der Waals surface area contributed by atoms with Crippen molar-refractivity contribution < 1.29 is 10.0 Å². The minimum atomic E-state index is -0.627. The van der Waals surface area contributed by atoms with E-state index in [0.717, 1.165) is 6.33 Å². The molecule has 88 valence electrons. The summed E-state index contributed by atoms with van der Waals surface area (Å²) < 4.78 is 0. The third-order valence-corrected chi connectivity index (χ3v) is 1.92. The summed E-state index contributed by atoms with van der Waals surface area (Å²) in [7, 11) is 1.58. The van der Waals surface area contributed by atoms with Gasteiger partial charge in [0.1, 0.15) is 6.33 Å². The first-order chi connectivity index (χ1) is 7.61. The molecule has 1 aromatic heterocycles. The molecule has 1 aromatic rings. The summed E-state index contributed by atoms with van der Waals surface area (Å²) >= 11 is 0. The van der Waals surface area contributed by atoms with E-state index in [-0.39, 0.29) is 30.5 Å². The molecular weight excluding hydrogens is 216 g/mol. The van der Waals surface area contributed by atoms with Crippen molar-refractivity contribution in [1.29, 1.82) is 0 Å². The molecule has 0 aliphatic rings. The van der Waals surface area contributed by atoms with Gasteiger partial charge in [-0.25, -0.2) is 15.8 Å². The van der Waals surface area contributed by atoms with E-state index in [9.17, 15) is 10.1 Å². The largest absolute Gasteiger partial charge is 0.395 e. The van der Waals surface area contributed by atoms with E-state index in [1.165, 1.54) is 4.90 Å². The van der Waals surface area contributed by atoms with Crippen LogP contribution in [-0.4, -0.2) is 40.2 Å². The summed E-state index contributed by atoms with van der Waals surface area (Å²) in [6, 6.07) is 0. The minimum absolute atomic E-state index is 0.0696. The summed E-state index contributed by atoms with van der Waals surface area (Å²) in [4.78, 5) is 19.1. The molecule has 9 nitrogen and oxygen atoms in total. The number of rotatable bonds is 5. The zero-order chi connectivity index (χ0) is 12.1. The van der Waals surface area contributed by atoms with E-state index in [4.69, 9.17) is 10.9 Å². The van der Waals surface area contributed by atoms with Gasteiger partial charge in [0.25, 0.3) is 0 Å². The van der Waals surface area contributed by atoms with Crippen LogP contribution in [0.4, 0.5) is 17.3 Å². The number of nitrogens with two attached hydrogens (primary N) is 1. The molecule has 0 saturated carbocycles. The van der Waals surface area contributed by atoms with E-state index in [0.29, 0.717) is 0 Å². The van der Waals surface area contributed by atoms with Crippen LogP contribution in [0.25, 0.3) is 0 Å². The fourth-order valence-corrected chi connectivity index (χ4v) is 1.18. The number of aromatic nitrogens is 2. The van der Waals surface area contributed by atoms with Crippen LogP contribution < -0.4 is 16.2 Å². The predicted octanol–water partition coefficient (Wildman–Crippen LogP) is -0.901. The number of likely N-dealkylation sites (N-methyl/N-ethyl adjacent to an activating group) is 1. The fourth-order valence-electron chi connectivity index (χ4n) is 1.18. The van der Waals surface area contributed by atoms with Crippen LogP contribution in [0.15, 0.2) is 6.33 Å². The number of aliphatic hydroxyl groups is 1. The molecule has 0 aliphatic heterocycles. The lowest BCUT2D eigenvalue weighted by Gasteiger charge is -2.16. The van der Waals surface area contributed by atoms with E-state index in [1.807, 2.05) is 0 Å². The van der Waals surface area contributed by atoms with Gasteiger partial charge >= 0.3 is 5.69 Å². The van der Waals surface area contributed by atoms with Crippen molar-refractivity contribution in [3.8, 4) is 0 Å². The van der Waals surface area contributed by atoms with E-state index in [1.54, 1.807) is 7.05 Å². The number of nitro groups is 1. The number of nitrogens with zero attached hydrogens (tertiary/aromatic N) is 4. The summed E-state index contributed by atoms with van der Waals surface area (Å²) in [5, 5.41) is 19.6. The third kappa shape index (κ3) is 2.32. The molecule has 0 radical (unpaired) electrons. The molecule has 0 fully saturated rings. The quantitative estimate of drug-likeness (QED) is 0.335. The Labute approximate surface area is 91.0 Å². The van der Waals surface area contributed by atoms with Gasteiger partial charge in [0.05, 0.1) is 11.5 Å². The molecule has 0 spiro atoms. The molecule has 0 bridgehead atoms. The van der Waals surface area contributed by atoms with E-state index < -0.39 is 4.92 Å². The van der Waals surface area contributed by atoms with Crippen molar-refractivity contribution >= 4 is 17.3 Å². The van der Waals surface area contributed by atoms with Crippen LogP contribution in [0.5, 0.6) is 0 Å². The Morgan fingerprint density at radius 3 is 2.88 bits per heavy atom. The van der Waals surface area contributed by atoms with Gasteiger partial charge in [-0.3, -0.25) is 10.1 Å². The number of hydrogen-bond acceptors (Lipinski definition) is 8. The lowest BCUT2D eigenvalue weighted by molar-refractivity contribution is -0.383. The molecule has 1 rings (SSSR count). The zero-order valence-electron chi connectivity index (χ0n) is 8.62. The highest BCUT2D eigenvalue weighted by molar-refractivity contribution is 5.69. The average Bonchev–Trinajstić information content (AvgIpc) is 2.28. The molecule has 0 atom stereocenters. The second-order valence-electron chi connectivity index (χ2n) is 2.94. The molecule has 0 amide bonds. The Morgan fingerprint density at radius 2 is 2.38 bits per heavy atom. The van der Waals surface area contributed by atoms with Gasteiger partial charge in [0.15, 0.2) is 0 Å². The molecule has 0 aromatic carbocycles. The normalized spacial score (nSPS) is 9.94. The number of hydrogen-bond donors (Lipinski definition) is 3. The monoisotopic (exact) mass is 228 g/mol. The predicted molar refractivity (Wildman–Crippen MR) is 56.9 cm³/mol. The van der Waals surface area contributed by atoms with E-state index in [2.05, 4.69) is 15.4 Å². The summed E-state index contributed by atoms with van der Waals surface area (Å²) in [6.07, 6.45) is 1.16. The Bertz CT molecular complexity index is 384. The van der Waals surface area contributed by atoms with Crippen molar-refractivity contribution in [3.63, 3.8) is 0 Å². The van der Waals surface area contributed by atoms with Crippen LogP contribution in [0.2, 0.25) is 0 Å². The van der Waals surface area contributed by atoms with Gasteiger partial charge in [-0.05, 0) is 0 Å². The summed E-state index contributed by atoms with van der Waals surface area (Å²) in [5.74, 6) is 5.15. The fraction of sp³-hybridized carbons (Fsp3) is 0.429. The first kappa shape index (κ1) is 12.1. The van der Waals surface area contributed by atoms with Crippen LogP contribution >= 0.6 is 0 Å². The van der Waals surface area contributed by atoms with Gasteiger partial charge in [0.2, 0.25) is 11.6 Å².